The van der Waals surface area contributed by atoms with Crippen LogP contribution in [0.25, 0.3) is 6.08 Å². The van der Waals surface area contributed by atoms with Crippen molar-refractivity contribution in [2.75, 3.05) is 13.4 Å². The third kappa shape index (κ3) is 2.50. The number of hydrogen-bond acceptors (Lipinski definition) is 4. The highest BCUT2D eigenvalue weighted by molar-refractivity contribution is 5.90. The summed E-state index contributed by atoms with van der Waals surface area (Å²) in [5.74, 6) is 0.0892. The van der Waals surface area contributed by atoms with Crippen LogP contribution in [-0.2, 0) is 9.53 Å². The van der Waals surface area contributed by atoms with Crippen molar-refractivity contribution in [1.82, 2.24) is 0 Å². The van der Waals surface area contributed by atoms with E-state index in [0.29, 0.717) is 23.7 Å². The van der Waals surface area contributed by atoms with Crippen LogP contribution in [0.3, 0.4) is 0 Å². The lowest BCUT2D eigenvalue weighted by Gasteiger charge is -2.04. The van der Waals surface area contributed by atoms with Gasteiger partial charge in [0.05, 0.1) is 6.61 Å². The van der Waals surface area contributed by atoms with E-state index in [0.717, 1.165) is 0 Å². The predicted octanol–water partition coefficient (Wildman–Crippen LogP) is 1.88. The molecule has 17 heavy (non-hydrogen) atoms. The Bertz CT molecular complexity index is 464. The quantitative estimate of drug-likeness (QED) is 0.638. The molecule has 90 valence electrons. The number of aliphatic carboxylic acids is 1. The number of carboxylic acid groups (broad SMARTS) is 1. The Morgan fingerprint density at radius 3 is 2.94 bits per heavy atom. The van der Waals surface area contributed by atoms with Gasteiger partial charge in [-0.15, -0.1) is 0 Å². The van der Waals surface area contributed by atoms with Crippen LogP contribution in [0.15, 0.2) is 24.0 Å². The topological polar surface area (TPSA) is 65.0 Å². The fraction of sp³-hybridized carbons (Fsp3) is 0.250. The molecule has 2 rings (SSSR count). The van der Waals surface area contributed by atoms with E-state index >= 15 is 0 Å². The zero-order chi connectivity index (χ0) is 12.3. The first-order valence-electron chi connectivity index (χ1n) is 5.18. The van der Waals surface area contributed by atoms with Crippen molar-refractivity contribution in [3.63, 3.8) is 0 Å². The van der Waals surface area contributed by atoms with Gasteiger partial charge in [0.2, 0.25) is 12.6 Å². The molecule has 1 aliphatic heterocycles. The fourth-order valence-corrected chi connectivity index (χ4v) is 1.47. The van der Waals surface area contributed by atoms with Crippen LogP contribution in [0, 0.1) is 0 Å². The van der Waals surface area contributed by atoms with E-state index in [9.17, 15) is 4.79 Å². The Morgan fingerprint density at radius 2 is 2.24 bits per heavy atom. The number of ether oxygens (including phenoxy) is 3. The van der Waals surface area contributed by atoms with Crippen LogP contribution in [0.5, 0.6) is 11.5 Å². The van der Waals surface area contributed by atoms with Crippen LogP contribution in [-0.4, -0.2) is 24.5 Å². The average Bonchev–Trinajstić information content (AvgIpc) is 2.75. The summed E-state index contributed by atoms with van der Waals surface area (Å²) < 4.78 is 15.4. The number of carbonyl (C=O) groups is 1. The fourth-order valence-electron chi connectivity index (χ4n) is 1.47. The van der Waals surface area contributed by atoms with E-state index in [1.807, 2.05) is 0 Å². The highest BCUT2D eigenvalue weighted by Crippen LogP contribution is 2.33. The molecule has 0 fully saturated rings. The zero-order valence-electron chi connectivity index (χ0n) is 9.30. The molecular weight excluding hydrogens is 224 g/mol. The maximum Gasteiger partial charge on any atom is 0.371 e. The lowest BCUT2D eigenvalue weighted by Crippen LogP contribution is -2.04. The maximum atomic E-state index is 10.9. The maximum absolute atomic E-state index is 10.9. The van der Waals surface area contributed by atoms with Crippen LogP contribution >= 0.6 is 0 Å². The van der Waals surface area contributed by atoms with Crippen molar-refractivity contribution < 1.29 is 24.1 Å². The number of fused-ring (bicyclic) bond motifs is 1. The molecule has 1 heterocycles. The SMILES string of the molecule is CCOC(=Cc1ccc2c(c1)OCO2)C(=O)O. The van der Waals surface area contributed by atoms with Crippen LogP contribution < -0.4 is 9.47 Å². The number of benzene rings is 1. The van der Waals surface area contributed by atoms with Crippen LogP contribution in [0.1, 0.15) is 12.5 Å². The summed E-state index contributed by atoms with van der Waals surface area (Å²) in [7, 11) is 0. The van der Waals surface area contributed by atoms with E-state index in [-0.39, 0.29) is 12.6 Å². The highest BCUT2D eigenvalue weighted by Gasteiger charge is 2.14. The lowest BCUT2D eigenvalue weighted by atomic mass is 10.2. The van der Waals surface area contributed by atoms with Crippen molar-refractivity contribution >= 4 is 12.0 Å². The summed E-state index contributed by atoms with van der Waals surface area (Å²) in [5, 5.41) is 8.91. The van der Waals surface area contributed by atoms with E-state index in [2.05, 4.69) is 0 Å². The minimum atomic E-state index is -1.09. The molecular formula is C12H12O5. The van der Waals surface area contributed by atoms with E-state index in [4.69, 9.17) is 19.3 Å². The van der Waals surface area contributed by atoms with Crippen molar-refractivity contribution in [2.45, 2.75) is 6.92 Å². The molecule has 0 saturated carbocycles. The molecule has 0 radical (unpaired) electrons. The number of rotatable bonds is 4. The summed E-state index contributed by atoms with van der Waals surface area (Å²) in [6, 6.07) is 5.19. The molecule has 0 saturated heterocycles. The normalized spacial score (nSPS) is 13.6. The minimum Gasteiger partial charge on any atom is -0.487 e. The first kappa shape index (κ1) is 11.3. The number of hydrogen-bond donors (Lipinski definition) is 1. The van der Waals surface area contributed by atoms with Gasteiger partial charge >= 0.3 is 5.97 Å². The van der Waals surface area contributed by atoms with Gasteiger partial charge in [0.1, 0.15) is 0 Å². The molecule has 0 spiro atoms. The van der Waals surface area contributed by atoms with E-state index < -0.39 is 5.97 Å². The summed E-state index contributed by atoms with van der Waals surface area (Å²) >= 11 is 0. The second-order valence-electron chi connectivity index (χ2n) is 3.36. The Morgan fingerprint density at radius 1 is 1.47 bits per heavy atom. The second-order valence-corrected chi connectivity index (χ2v) is 3.36. The van der Waals surface area contributed by atoms with Crippen LogP contribution in [0.4, 0.5) is 0 Å². The van der Waals surface area contributed by atoms with E-state index in [1.54, 1.807) is 25.1 Å². The summed E-state index contributed by atoms with van der Waals surface area (Å²) in [6.45, 7) is 2.23. The van der Waals surface area contributed by atoms with Gasteiger partial charge < -0.3 is 19.3 Å². The molecule has 1 aliphatic rings. The molecule has 0 amide bonds. The summed E-state index contributed by atoms with van der Waals surface area (Å²) in [4.78, 5) is 10.9. The molecule has 1 aromatic carbocycles. The monoisotopic (exact) mass is 236 g/mol. The molecule has 5 nitrogen and oxygen atoms in total. The van der Waals surface area contributed by atoms with Gasteiger partial charge in [0.25, 0.3) is 0 Å². The van der Waals surface area contributed by atoms with Gasteiger partial charge in [0, 0.05) is 0 Å². The largest absolute Gasteiger partial charge is 0.487 e. The van der Waals surface area contributed by atoms with Gasteiger partial charge in [-0.2, -0.15) is 0 Å². The molecule has 0 aliphatic carbocycles. The molecule has 0 bridgehead atoms. The molecule has 0 unspecified atom stereocenters. The van der Waals surface area contributed by atoms with Gasteiger partial charge in [-0.1, -0.05) is 6.07 Å². The molecule has 1 aromatic rings. The third-order valence-corrected chi connectivity index (χ3v) is 2.21. The van der Waals surface area contributed by atoms with Gasteiger partial charge in [0.15, 0.2) is 11.5 Å². The summed E-state index contributed by atoms with van der Waals surface area (Å²) in [5.41, 5.74) is 0.695. The Balaban J connectivity index is 2.27. The van der Waals surface area contributed by atoms with Crippen molar-refractivity contribution in [1.29, 1.82) is 0 Å². The Kier molecular flexibility index (Phi) is 3.18. The van der Waals surface area contributed by atoms with Gasteiger partial charge in [-0.3, -0.25) is 0 Å². The van der Waals surface area contributed by atoms with Crippen molar-refractivity contribution in [3.8, 4) is 11.5 Å². The smallest absolute Gasteiger partial charge is 0.371 e. The molecule has 0 atom stereocenters. The summed E-state index contributed by atoms with van der Waals surface area (Å²) in [6.07, 6.45) is 1.45. The standard InChI is InChI=1S/C12H12O5/c1-2-15-11(12(13)14)6-8-3-4-9-10(5-8)17-7-16-9/h3-6H,2,7H2,1H3,(H,13,14). The first-order chi connectivity index (χ1) is 8.20. The molecule has 5 heteroatoms. The van der Waals surface area contributed by atoms with Crippen molar-refractivity contribution in [2.24, 2.45) is 0 Å². The highest BCUT2D eigenvalue weighted by atomic mass is 16.7. The van der Waals surface area contributed by atoms with E-state index in [1.165, 1.54) is 6.08 Å². The zero-order valence-corrected chi connectivity index (χ0v) is 9.30. The predicted molar refractivity (Wildman–Crippen MR) is 59.8 cm³/mol. The van der Waals surface area contributed by atoms with Gasteiger partial charge in [-0.05, 0) is 30.7 Å². The van der Waals surface area contributed by atoms with Crippen LogP contribution in [0.2, 0.25) is 0 Å². The lowest BCUT2D eigenvalue weighted by molar-refractivity contribution is -0.136. The first-order valence-corrected chi connectivity index (χ1v) is 5.18. The molecule has 0 aromatic heterocycles. The Labute approximate surface area is 98.2 Å². The minimum absolute atomic E-state index is 0.0913. The van der Waals surface area contributed by atoms with Gasteiger partial charge in [-0.25, -0.2) is 4.79 Å². The number of carboxylic acids is 1. The molecule has 1 N–H and O–H groups in total. The second kappa shape index (κ2) is 4.78. The third-order valence-electron chi connectivity index (χ3n) is 2.21. The average molecular weight is 236 g/mol. The Hall–Kier alpha value is -2.17. The van der Waals surface area contributed by atoms with Crippen molar-refractivity contribution in [3.05, 3.63) is 29.5 Å².